The molecule has 1 heterocycles. The van der Waals surface area contributed by atoms with Crippen molar-refractivity contribution < 1.29 is 8.42 Å². The zero-order valence-corrected chi connectivity index (χ0v) is 14.2. The van der Waals surface area contributed by atoms with Crippen LogP contribution in [0.25, 0.3) is 5.69 Å². The van der Waals surface area contributed by atoms with E-state index < -0.39 is 10.0 Å². The molecule has 6 heteroatoms. The van der Waals surface area contributed by atoms with Crippen LogP contribution in [0.2, 0.25) is 0 Å². The van der Waals surface area contributed by atoms with Crippen molar-refractivity contribution in [1.82, 2.24) is 14.5 Å². The molecule has 1 N–H and O–H groups in total. The standard InChI is InChI=1S/C18H19N3O2S/c1-15-3-9-18(10-4-15)24(22,23)20-13-11-16-5-7-17(8-6-16)21-14-2-12-19-21/h2-10,12,14,20H,11,13H2,1H3. The Balaban J connectivity index is 1.59. The second-order valence-corrected chi connectivity index (χ2v) is 7.34. The Labute approximate surface area is 142 Å². The van der Waals surface area contributed by atoms with Gasteiger partial charge in [-0.15, -0.1) is 0 Å². The van der Waals surface area contributed by atoms with Gasteiger partial charge >= 0.3 is 0 Å². The molecule has 5 nitrogen and oxygen atoms in total. The van der Waals surface area contributed by atoms with Gasteiger partial charge in [-0.1, -0.05) is 29.8 Å². The van der Waals surface area contributed by atoms with Crippen molar-refractivity contribution in [3.05, 3.63) is 78.1 Å². The highest BCUT2D eigenvalue weighted by molar-refractivity contribution is 7.89. The summed E-state index contributed by atoms with van der Waals surface area (Å²) in [6, 6.07) is 16.6. The van der Waals surface area contributed by atoms with Crippen LogP contribution in [-0.4, -0.2) is 24.7 Å². The van der Waals surface area contributed by atoms with Gasteiger partial charge in [-0.25, -0.2) is 17.8 Å². The molecule has 3 aromatic rings. The molecule has 24 heavy (non-hydrogen) atoms. The lowest BCUT2D eigenvalue weighted by Gasteiger charge is -2.08. The largest absolute Gasteiger partial charge is 0.241 e. The number of hydrogen-bond acceptors (Lipinski definition) is 3. The fourth-order valence-corrected chi connectivity index (χ4v) is 3.40. The van der Waals surface area contributed by atoms with E-state index in [1.807, 2.05) is 43.5 Å². The summed E-state index contributed by atoms with van der Waals surface area (Å²) in [6.45, 7) is 2.29. The van der Waals surface area contributed by atoms with Crippen LogP contribution in [0.3, 0.4) is 0 Å². The second-order valence-electron chi connectivity index (χ2n) is 5.58. The van der Waals surface area contributed by atoms with E-state index in [4.69, 9.17) is 0 Å². The molecule has 0 atom stereocenters. The molecule has 0 fully saturated rings. The number of aromatic nitrogens is 2. The minimum atomic E-state index is -3.45. The van der Waals surface area contributed by atoms with Gasteiger partial charge in [0.2, 0.25) is 10.0 Å². The maximum atomic E-state index is 12.2. The number of aryl methyl sites for hydroxylation is 1. The van der Waals surface area contributed by atoms with E-state index in [1.54, 1.807) is 35.1 Å². The van der Waals surface area contributed by atoms with Crippen molar-refractivity contribution in [3.63, 3.8) is 0 Å². The molecule has 0 aliphatic heterocycles. The van der Waals surface area contributed by atoms with Crippen LogP contribution in [0.5, 0.6) is 0 Å². The van der Waals surface area contributed by atoms with Crippen LogP contribution < -0.4 is 4.72 Å². The lowest BCUT2D eigenvalue weighted by molar-refractivity contribution is 0.581. The molecule has 0 spiro atoms. The lowest BCUT2D eigenvalue weighted by Crippen LogP contribution is -2.26. The average molecular weight is 341 g/mol. The Bertz CT molecular complexity index is 884. The van der Waals surface area contributed by atoms with Gasteiger partial charge in [-0.3, -0.25) is 0 Å². The molecule has 0 saturated heterocycles. The van der Waals surface area contributed by atoms with E-state index in [2.05, 4.69) is 9.82 Å². The fraction of sp³-hybridized carbons (Fsp3) is 0.167. The summed E-state index contributed by atoms with van der Waals surface area (Å²) >= 11 is 0. The monoisotopic (exact) mass is 341 g/mol. The Morgan fingerprint density at radius 2 is 1.75 bits per heavy atom. The third-order valence-electron chi connectivity index (χ3n) is 3.74. The minimum absolute atomic E-state index is 0.294. The summed E-state index contributed by atoms with van der Waals surface area (Å²) in [5.41, 5.74) is 3.08. The first-order valence-electron chi connectivity index (χ1n) is 7.70. The number of nitrogens with zero attached hydrogens (tertiary/aromatic N) is 2. The zero-order chi connectivity index (χ0) is 17.0. The minimum Gasteiger partial charge on any atom is -0.241 e. The van der Waals surface area contributed by atoms with Gasteiger partial charge in [0.05, 0.1) is 10.6 Å². The van der Waals surface area contributed by atoms with E-state index in [-0.39, 0.29) is 0 Å². The third-order valence-corrected chi connectivity index (χ3v) is 5.22. The smallest absolute Gasteiger partial charge is 0.240 e. The molecule has 0 radical (unpaired) electrons. The summed E-state index contributed by atoms with van der Waals surface area (Å²) in [6.07, 6.45) is 4.24. The van der Waals surface area contributed by atoms with Crippen molar-refractivity contribution in [2.24, 2.45) is 0 Å². The molecule has 0 saturated carbocycles. The van der Waals surface area contributed by atoms with E-state index in [0.717, 1.165) is 16.8 Å². The lowest BCUT2D eigenvalue weighted by atomic mass is 10.1. The predicted octanol–water partition coefficient (Wildman–Crippen LogP) is 2.70. The quantitative estimate of drug-likeness (QED) is 0.750. The van der Waals surface area contributed by atoms with Crippen molar-refractivity contribution in [2.75, 3.05) is 6.54 Å². The molecular weight excluding hydrogens is 322 g/mol. The first kappa shape index (κ1) is 16.4. The number of nitrogens with one attached hydrogen (secondary N) is 1. The Hall–Kier alpha value is -2.44. The van der Waals surface area contributed by atoms with Gasteiger partial charge in [-0.2, -0.15) is 5.10 Å². The highest BCUT2D eigenvalue weighted by Crippen LogP contribution is 2.11. The van der Waals surface area contributed by atoms with Crippen LogP contribution in [0.1, 0.15) is 11.1 Å². The highest BCUT2D eigenvalue weighted by atomic mass is 32.2. The summed E-state index contributed by atoms with van der Waals surface area (Å²) < 4.78 is 28.9. The summed E-state index contributed by atoms with van der Waals surface area (Å²) in [4.78, 5) is 0.294. The normalized spacial score (nSPS) is 11.5. The Kier molecular flexibility index (Phi) is 4.78. The predicted molar refractivity (Wildman–Crippen MR) is 93.6 cm³/mol. The summed E-state index contributed by atoms with van der Waals surface area (Å²) in [7, 11) is -3.45. The molecule has 1 aromatic heterocycles. The van der Waals surface area contributed by atoms with Crippen molar-refractivity contribution in [1.29, 1.82) is 0 Å². The SMILES string of the molecule is Cc1ccc(S(=O)(=O)NCCc2ccc(-n3cccn3)cc2)cc1. The number of hydrogen-bond donors (Lipinski definition) is 1. The van der Waals surface area contributed by atoms with Gasteiger partial charge in [0.25, 0.3) is 0 Å². The average Bonchev–Trinajstić information content (AvgIpc) is 3.10. The molecule has 0 amide bonds. The van der Waals surface area contributed by atoms with Gasteiger partial charge in [0, 0.05) is 18.9 Å². The second kappa shape index (κ2) is 6.98. The van der Waals surface area contributed by atoms with Crippen LogP contribution in [-0.2, 0) is 16.4 Å². The van der Waals surface area contributed by atoms with Crippen molar-refractivity contribution >= 4 is 10.0 Å². The maximum absolute atomic E-state index is 12.2. The third kappa shape index (κ3) is 3.90. The van der Waals surface area contributed by atoms with E-state index >= 15 is 0 Å². The van der Waals surface area contributed by atoms with E-state index in [1.165, 1.54) is 0 Å². The van der Waals surface area contributed by atoms with Crippen molar-refractivity contribution in [3.8, 4) is 5.69 Å². The summed E-state index contributed by atoms with van der Waals surface area (Å²) in [5, 5.41) is 4.18. The van der Waals surface area contributed by atoms with E-state index in [9.17, 15) is 8.42 Å². The molecular formula is C18H19N3O2S. The molecule has 0 unspecified atom stereocenters. The molecule has 0 aliphatic rings. The Morgan fingerprint density at radius 1 is 1.04 bits per heavy atom. The molecule has 0 bridgehead atoms. The van der Waals surface area contributed by atoms with Crippen LogP contribution >= 0.6 is 0 Å². The van der Waals surface area contributed by atoms with Crippen LogP contribution in [0.15, 0.2) is 71.9 Å². The highest BCUT2D eigenvalue weighted by Gasteiger charge is 2.12. The van der Waals surface area contributed by atoms with Crippen molar-refractivity contribution in [2.45, 2.75) is 18.2 Å². The Morgan fingerprint density at radius 3 is 2.38 bits per heavy atom. The van der Waals surface area contributed by atoms with Crippen LogP contribution in [0.4, 0.5) is 0 Å². The maximum Gasteiger partial charge on any atom is 0.240 e. The number of benzene rings is 2. The van der Waals surface area contributed by atoms with Gasteiger partial charge in [-0.05, 0) is 49.2 Å². The summed E-state index contributed by atoms with van der Waals surface area (Å²) in [5.74, 6) is 0. The zero-order valence-electron chi connectivity index (χ0n) is 13.4. The molecule has 3 rings (SSSR count). The number of rotatable bonds is 6. The first-order chi connectivity index (χ1) is 11.5. The van der Waals surface area contributed by atoms with E-state index in [0.29, 0.717) is 17.9 Å². The van der Waals surface area contributed by atoms with Gasteiger partial charge < -0.3 is 0 Å². The van der Waals surface area contributed by atoms with Gasteiger partial charge in [0.15, 0.2) is 0 Å². The molecule has 2 aromatic carbocycles. The molecule has 0 aliphatic carbocycles. The van der Waals surface area contributed by atoms with Crippen LogP contribution in [0, 0.1) is 6.92 Å². The molecule has 124 valence electrons. The fourth-order valence-electron chi connectivity index (χ4n) is 2.37. The topological polar surface area (TPSA) is 64.0 Å². The van der Waals surface area contributed by atoms with Gasteiger partial charge in [0.1, 0.15) is 0 Å². The first-order valence-corrected chi connectivity index (χ1v) is 9.18. The number of sulfonamides is 1.